The molecule has 6 rings (SSSR count). The lowest BCUT2D eigenvalue weighted by Crippen LogP contribution is -2.69. The van der Waals surface area contributed by atoms with E-state index in [9.17, 15) is 19.2 Å². The third kappa shape index (κ3) is 4.03. The minimum absolute atomic E-state index is 0.000405. The van der Waals surface area contributed by atoms with Crippen LogP contribution in [-0.4, -0.2) is 85.4 Å². The highest BCUT2D eigenvalue weighted by molar-refractivity contribution is 5.84. The summed E-state index contributed by atoms with van der Waals surface area (Å²) in [5.41, 5.74) is -2.53. The van der Waals surface area contributed by atoms with Crippen molar-refractivity contribution in [3.8, 4) is 0 Å². The zero-order valence-corrected chi connectivity index (χ0v) is 23.2. The fourth-order valence-electron chi connectivity index (χ4n) is 7.69. The standard InChI is InChI=1S/C29H36O11/c1-16-9-12-34-20(31)7-5-6-8-21(32)38-18-13-19-29(15-36-29)27(18,4)28(14-35-25(33)22(16)37-17(2)30)11-10-26(3)23(40-26)24(28)39-19/h5-8,16,18-19,22-24H,9-15H2,1-4H3/b7-5+,8-6+. The van der Waals surface area contributed by atoms with Crippen molar-refractivity contribution in [2.24, 2.45) is 16.7 Å². The summed E-state index contributed by atoms with van der Waals surface area (Å²) in [6, 6.07) is 0. The average molecular weight is 561 g/mol. The Kier molecular flexibility index (Phi) is 6.43. The van der Waals surface area contributed by atoms with Gasteiger partial charge >= 0.3 is 23.9 Å². The predicted octanol–water partition coefficient (Wildman–Crippen LogP) is 1.95. The Labute approximate surface area is 232 Å². The van der Waals surface area contributed by atoms with Gasteiger partial charge in [-0.25, -0.2) is 14.4 Å². The van der Waals surface area contributed by atoms with E-state index in [1.54, 1.807) is 6.92 Å². The van der Waals surface area contributed by atoms with Crippen LogP contribution in [0.5, 0.6) is 0 Å². The number of hydrogen-bond donors (Lipinski definition) is 0. The van der Waals surface area contributed by atoms with E-state index in [1.807, 2.05) is 0 Å². The van der Waals surface area contributed by atoms with Gasteiger partial charge in [-0.05, 0) is 26.2 Å². The molecule has 3 saturated heterocycles. The largest absolute Gasteiger partial charge is 0.463 e. The molecule has 4 heterocycles. The van der Waals surface area contributed by atoms with Crippen molar-refractivity contribution >= 4 is 23.9 Å². The Morgan fingerprint density at radius 2 is 1.70 bits per heavy atom. The second-order valence-electron chi connectivity index (χ2n) is 12.4. The molecule has 0 amide bonds. The highest BCUT2D eigenvalue weighted by atomic mass is 16.7. The van der Waals surface area contributed by atoms with Gasteiger partial charge in [0.2, 0.25) is 6.10 Å². The van der Waals surface area contributed by atoms with Gasteiger partial charge in [0, 0.05) is 36.8 Å². The number of epoxide rings is 2. The van der Waals surface area contributed by atoms with Crippen LogP contribution in [0.1, 0.15) is 53.4 Å². The summed E-state index contributed by atoms with van der Waals surface area (Å²) in [5.74, 6) is -2.98. The van der Waals surface area contributed by atoms with E-state index in [0.717, 1.165) is 0 Å². The van der Waals surface area contributed by atoms with Gasteiger partial charge in [-0.1, -0.05) is 26.0 Å². The molecule has 10 atom stereocenters. The van der Waals surface area contributed by atoms with Gasteiger partial charge in [-0.15, -0.1) is 0 Å². The highest BCUT2D eigenvalue weighted by Crippen LogP contribution is 2.75. The van der Waals surface area contributed by atoms with Crippen molar-refractivity contribution in [1.82, 2.24) is 0 Å². The number of carbonyl (C=O) groups excluding carboxylic acids is 4. The molecule has 11 nitrogen and oxygen atoms in total. The number of esters is 4. The van der Waals surface area contributed by atoms with Crippen molar-refractivity contribution in [2.75, 3.05) is 19.8 Å². The second kappa shape index (κ2) is 9.39. The number of rotatable bonds is 1. The lowest BCUT2D eigenvalue weighted by Gasteiger charge is -2.58. The Balaban J connectivity index is 1.38. The first-order valence-corrected chi connectivity index (χ1v) is 14.0. The quantitative estimate of drug-likeness (QED) is 0.264. The summed E-state index contributed by atoms with van der Waals surface area (Å²) < 4.78 is 41.7. The van der Waals surface area contributed by atoms with Gasteiger partial charge in [0.05, 0.1) is 36.4 Å². The zero-order valence-electron chi connectivity index (χ0n) is 23.2. The molecule has 0 N–H and O–H groups in total. The maximum atomic E-state index is 13.5. The van der Waals surface area contributed by atoms with E-state index in [4.69, 9.17) is 33.2 Å². The third-order valence-corrected chi connectivity index (χ3v) is 10.3. The first-order valence-electron chi connectivity index (χ1n) is 14.0. The SMILES string of the molecule is CC(=O)OC1C(=O)OCC23CCC4(C)OC4C2OC2CC(OC(=O)/C=C/C=C/C(=O)OCCC1C)C3(C)C21CO1. The first kappa shape index (κ1) is 27.4. The topological polar surface area (TPSA) is 139 Å². The van der Waals surface area contributed by atoms with Crippen LogP contribution < -0.4 is 0 Å². The molecule has 2 aliphatic carbocycles. The van der Waals surface area contributed by atoms with E-state index >= 15 is 0 Å². The van der Waals surface area contributed by atoms with E-state index in [0.29, 0.717) is 25.9 Å². The molecule has 2 spiro atoms. The summed E-state index contributed by atoms with van der Waals surface area (Å²) in [4.78, 5) is 50.4. The molecule has 11 heteroatoms. The van der Waals surface area contributed by atoms with Crippen LogP contribution in [0.25, 0.3) is 0 Å². The van der Waals surface area contributed by atoms with Crippen LogP contribution in [0.15, 0.2) is 24.3 Å². The minimum atomic E-state index is -1.19. The van der Waals surface area contributed by atoms with Gasteiger partial charge in [-0.3, -0.25) is 4.79 Å². The molecule has 218 valence electrons. The molecule has 0 aromatic carbocycles. The number of allylic oxidation sites excluding steroid dienone is 2. The van der Waals surface area contributed by atoms with E-state index < -0.39 is 64.5 Å². The Hall–Kier alpha value is -2.76. The molecule has 6 aliphatic rings. The van der Waals surface area contributed by atoms with Crippen LogP contribution in [-0.2, 0) is 52.3 Å². The van der Waals surface area contributed by atoms with Gasteiger partial charge in [0.25, 0.3) is 0 Å². The van der Waals surface area contributed by atoms with Crippen molar-refractivity contribution in [1.29, 1.82) is 0 Å². The molecule has 10 unspecified atom stereocenters. The highest BCUT2D eigenvalue weighted by Gasteiger charge is 2.86. The van der Waals surface area contributed by atoms with Gasteiger partial charge in [0.1, 0.15) is 24.4 Å². The molecule has 5 fully saturated rings. The molecule has 0 aromatic heterocycles. The summed E-state index contributed by atoms with van der Waals surface area (Å²) in [6.45, 7) is 7.47. The fourth-order valence-corrected chi connectivity index (χ4v) is 7.69. The predicted molar refractivity (Wildman–Crippen MR) is 134 cm³/mol. The van der Waals surface area contributed by atoms with Crippen LogP contribution in [0.2, 0.25) is 0 Å². The molecular formula is C29H36O11. The minimum Gasteiger partial charge on any atom is -0.463 e. The lowest BCUT2D eigenvalue weighted by molar-refractivity contribution is -0.253. The number of fused-ring (bicyclic) bond motifs is 2. The monoisotopic (exact) mass is 560 g/mol. The van der Waals surface area contributed by atoms with Gasteiger partial charge < -0.3 is 33.2 Å². The van der Waals surface area contributed by atoms with E-state index in [2.05, 4.69) is 13.8 Å². The zero-order chi connectivity index (χ0) is 28.5. The maximum Gasteiger partial charge on any atom is 0.347 e. The number of cyclic esters (lactones) is 2. The number of carbonyl (C=O) groups is 4. The van der Waals surface area contributed by atoms with Crippen molar-refractivity contribution in [2.45, 2.75) is 95.1 Å². The summed E-state index contributed by atoms with van der Waals surface area (Å²) >= 11 is 0. The van der Waals surface area contributed by atoms with E-state index in [1.165, 1.54) is 31.2 Å². The summed E-state index contributed by atoms with van der Waals surface area (Å²) in [5, 5.41) is 0. The van der Waals surface area contributed by atoms with Gasteiger partial charge in [0.15, 0.2) is 0 Å². The molecule has 4 aliphatic heterocycles. The van der Waals surface area contributed by atoms with Crippen LogP contribution in [0, 0.1) is 16.7 Å². The van der Waals surface area contributed by atoms with E-state index in [-0.39, 0.29) is 37.4 Å². The van der Waals surface area contributed by atoms with Crippen LogP contribution >= 0.6 is 0 Å². The number of ether oxygens (including phenoxy) is 7. The molecule has 2 bridgehead atoms. The van der Waals surface area contributed by atoms with Crippen molar-refractivity contribution in [3.05, 3.63) is 24.3 Å². The maximum absolute atomic E-state index is 13.5. The smallest absolute Gasteiger partial charge is 0.347 e. The molecule has 0 aromatic rings. The lowest BCUT2D eigenvalue weighted by atomic mass is 9.50. The first-order chi connectivity index (χ1) is 19.0. The average Bonchev–Trinajstić information content (AvgIpc) is 3.81. The molecule has 40 heavy (non-hydrogen) atoms. The van der Waals surface area contributed by atoms with Crippen LogP contribution in [0.3, 0.4) is 0 Å². The van der Waals surface area contributed by atoms with Crippen LogP contribution in [0.4, 0.5) is 0 Å². The Bertz CT molecular complexity index is 1170. The second-order valence-corrected chi connectivity index (χ2v) is 12.4. The third-order valence-electron chi connectivity index (χ3n) is 10.3. The Morgan fingerprint density at radius 1 is 0.975 bits per heavy atom. The molecule has 2 saturated carbocycles. The van der Waals surface area contributed by atoms with Crippen molar-refractivity contribution < 1.29 is 52.3 Å². The number of hydrogen-bond acceptors (Lipinski definition) is 11. The Morgan fingerprint density at radius 3 is 2.40 bits per heavy atom. The summed E-state index contributed by atoms with van der Waals surface area (Å²) in [6.07, 6.45) is 4.62. The molecular weight excluding hydrogens is 524 g/mol. The summed E-state index contributed by atoms with van der Waals surface area (Å²) in [7, 11) is 0. The fraction of sp³-hybridized carbons (Fsp3) is 0.724. The molecule has 0 radical (unpaired) electrons. The van der Waals surface area contributed by atoms with Gasteiger partial charge in [-0.2, -0.15) is 0 Å². The van der Waals surface area contributed by atoms with Crippen molar-refractivity contribution in [3.63, 3.8) is 0 Å². The normalized spacial score (nSPS) is 49.6.